The Balaban J connectivity index is 1.69. The van der Waals surface area contributed by atoms with E-state index in [0.717, 1.165) is 22.7 Å². The second-order valence-corrected chi connectivity index (χ2v) is 6.60. The maximum absolute atomic E-state index is 12.6. The molecule has 1 atom stereocenters. The number of ketones is 1. The maximum Gasteiger partial charge on any atom is 0.138 e. The number of aromatic amines is 1. The molecule has 6 heteroatoms. The molecule has 1 N–H and O–H groups in total. The van der Waals surface area contributed by atoms with Gasteiger partial charge >= 0.3 is 0 Å². The molecule has 0 aliphatic carbocycles. The summed E-state index contributed by atoms with van der Waals surface area (Å²) in [6.45, 7) is 0. The van der Waals surface area contributed by atoms with Crippen molar-refractivity contribution in [1.82, 2.24) is 15.2 Å². The second kappa shape index (κ2) is 8.63. The molecule has 134 valence electrons. The fourth-order valence-electron chi connectivity index (χ4n) is 2.90. The largest absolute Gasteiger partial charge is 0.497 e. The van der Waals surface area contributed by atoms with Gasteiger partial charge in [0.05, 0.1) is 7.11 Å². The van der Waals surface area contributed by atoms with Crippen LogP contribution in [0.5, 0.6) is 5.75 Å². The molecule has 0 amide bonds. The number of rotatable bonds is 8. The van der Waals surface area contributed by atoms with Crippen molar-refractivity contribution in [2.45, 2.75) is 25.2 Å². The first kappa shape index (κ1) is 18.1. The number of Topliss-reactive ketones (excluding diaryl/α,β-unsaturated/α-hetero) is 1. The first-order valence-corrected chi connectivity index (χ1v) is 8.76. The Kier molecular flexibility index (Phi) is 6.02. The summed E-state index contributed by atoms with van der Waals surface area (Å²) in [6.07, 6.45) is 2.94. The number of halogens is 1. The number of nitrogens with zero attached hydrogens (tertiary/aromatic N) is 2. The summed E-state index contributed by atoms with van der Waals surface area (Å²) in [6, 6.07) is 15.2. The fraction of sp³-hybridized carbons (Fsp3) is 0.250. The summed E-state index contributed by atoms with van der Waals surface area (Å²) in [4.78, 5) is 16.8. The van der Waals surface area contributed by atoms with Gasteiger partial charge in [0, 0.05) is 23.8 Å². The molecular weight excluding hydrogens is 350 g/mol. The van der Waals surface area contributed by atoms with Crippen LogP contribution >= 0.6 is 11.6 Å². The van der Waals surface area contributed by atoms with Crippen molar-refractivity contribution in [1.29, 1.82) is 0 Å². The van der Waals surface area contributed by atoms with Crippen LogP contribution in [0, 0.1) is 0 Å². The van der Waals surface area contributed by atoms with Gasteiger partial charge in [-0.1, -0.05) is 35.9 Å². The number of methoxy groups -OCH3 is 1. The van der Waals surface area contributed by atoms with Crippen LogP contribution in [-0.2, 0) is 17.6 Å². The number of hydrogen-bond acceptors (Lipinski definition) is 4. The lowest BCUT2D eigenvalue weighted by atomic mass is 9.91. The first-order chi connectivity index (χ1) is 12.6. The lowest BCUT2D eigenvalue weighted by molar-refractivity contribution is -0.118. The Morgan fingerprint density at radius 1 is 1.12 bits per heavy atom. The van der Waals surface area contributed by atoms with Crippen LogP contribution in [-0.4, -0.2) is 28.1 Å². The van der Waals surface area contributed by atoms with Crippen molar-refractivity contribution >= 4 is 17.4 Å². The van der Waals surface area contributed by atoms with Gasteiger partial charge in [0.2, 0.25) is 0 Å². The van der Waals surface area contributed by atoms with Crippen LogP contribution in [0.2, 0.25) is 5.02 Å². The van der Waals surface area contributed by atoms with Crippen molar-refractivity contribution in [2.24, 2.45) is 0 Å². The van der Waals surface area contributed by atoms with Gasteiger partial charge in [-0.15, -0.1) is 0 Å². The summed E-state index contributed by atoms with van der Waals surface area (Å²) in [5.41, 5.74) is 2.08. The predicted molar refractivity (Wildman–Crippen MR) is 101 cm³/mol. The average molecular weight is 370 g/mol. The molecule has 0 fully saturated rings. The van der Waals surface area contributed by atoms with Crippen molar-refractivity contribution in [3.05, 3.63) is 76.8 Å². The minimum absolute atomic E-state index is 0.0503. The smallest absolute Gasteiger partial charge is 0.138 e. The van der Waals surface area contributed by atoms with Crippen molar-refractivity contribution in [3.63, 3.8) is 0 Å². The van der Waals surface area contributed by atoms with Gasteiger partial charge in [0.15, 0.2) is 0 Å². The van der Waals surface area contributed by atoms with E-state index < -0.39 is 0 Å². The number of aromatic nitrogens is 3. The van der Waals surface area contributed by atoms with Gasteiger partial charge in [-0.25, -0.2) is 4.98 Å². The quantitative estimate of drug-likeness (QED) is 0.651. The molecule has 1 heterocycles. The highest BCUT2D eigenvalue weighted by molar-refractivity contribution is 6.30. The highest BCUT2D eigenvalue weighted by Crippen LogP contribution is 2.24. The van der Waals surface area contributed by atoms with Gasteiger partial charge in [0.25, 0.3) is 0 Å². The molecule has 0 unspecified atom stereocenters. The molecule has 0 aliphatic rings. The van der Waals surface area contributed by atoms with Gasteiger partial charge < -0.3 is 4.74 Å². The third-order valence-corrected chi connectivity index (χ3v) is 4.50. The molecule has 0 bridgehead atoms. The van der Waals surface area contributed by atoms with Crippen molar-refractivity contribution in [3.8, 4) is 5.75 Å². The molecular formula is C20H20ClN3O2. The molecule has 26 heavy (non-hydrogen) atoms. The van der Waals surface area contributed by atoms with Gasteiger partial charge in [0.1, 0.15) is 23.7 Å². The number of carbonyl (C=O) groups is 1. The van der Waals surface area contributed by atoms with E-state index in [4.69, 9.17) is 16.3 Å². The molecule has 1 aromatic heterocycles. The molecule has 2 aromatic carbocycles. The summed E-state index contributed by atoms with van der Waals surface area (Å²) < 4.78 is 5.19. The summed E-state index contributed by atoms with van der Waals surface area (Å²) in [5.74, 6) is 1.64. The van der Waals surface area contributed by atoms with E-state index in [0.29, 0.717) is 24.3 Å². The van der Waals surface area contributed by atoms with Crippen molar-refractivity contribution in [2.75, 3.05) is 7.11 Å². The van der Waals surface area contributed by atoms with E-state index in [9.17, 15) is 4.79 Å². The van der Waals surface area contributed by atoms with Crippen LogP contribution in [0.15, 0.2) is 54.9 Å². The zero-order valence-corrected chi connectivity index (χ0v) is 15.2. The number of ether oxygens (including phenoxy) is 1. The highest BCUT2D eigenvalue weighted by Gasteiger charge is 2.19. The number of nitrogens with one attached hydrogen (secondary N) is 1. The molecule has 0 spiro atoms. The van der Waals surface area contributed by atoms with Gasteiger partial charge in [-0.2, -0.15) is 5.10 Å². The predicted octanol–water partition coefficient (Wildman–Crippen LogP) is 3.99. The lowest BCUT2D eigenvalue weighted by Gasteiger charge is -2.14. The van der Waals surface area contributed by atoms with E-state index in [1.54, 1.807) is 19.2 Å². The first-order valence-electron chi connectivity index (χ1n) is 8.38. The SMILES string of the molecule is COc1ccc(C[C@H](CC(=O)Cc2ccc(Cl)cc2)c2ncn[nH]2)cc1. The standard InChI is InChI=1S/C20H20ClN3O2/c1-26-19-8-4-14(5-9-19)10-16(20-22-13-23-24-20)12-18(25)11-15-2-6-17(21)7-3-15/h2-9,13,16H,10-12H2,1H3,(H,22,23,24)/t16-/m1/s1. The summed E-state index contributed by atoms with van der Waals surface area (Å²) >= 11 is 5.90. The Labute approximate surface area is 157 Å². The average Bonchev–Trinajstić information content (AvgIpc) is 3.18. The topological polar surface area (TPSA) is 67.9 Å². The molecule has 3 rings (SSSR count). The summed E-state index contributed by atoms with van der Waals surface area (Å²) in [7, 11) is 1.64. The third kappa shape index (κ3) is 4.92. The Hall–Kier alpha value is -2.66. The van der Waals surface area contributed by atoms with E-state index in [2.05, 4.69) is 15.2 Å². The summed E-state index contributed by atoms with van der Waals surface area (Å²) in [5, 5.41) is 7.50. The molecule has 0 aliphatic heterocycles. The van der Waals surface area contributed by atoms with Crippen LogP contribution in [0.25, 0.3) is 0 Å². The second-order valence-electron chi connectivity index (χ2n) is 6.17. The zero-order chi connectivity index (χ0) is 18.4. The molecule has 3 aromatic rings. The van der Waals surface area contributed by atoms with Crippen LogP contribution in [0.4, 0.5) is 0 Å². The number of hydrogen-bond donors (Lipinski definition) is 1. The maximum atomic E-state index is 12.6. The van der Waals surface area contributed by atoms with Crippen LogP contribution in [0.3, 0.4) is 0 Å². The number of H-pyrrole nitrogens is 1. The monoisotopic (exact) mass is 369 g/mol. The lowest BCUT2D eigenvalue weighted by Crippen LogP contribution is -2.13. The number of carbonyl (C=O) groups excluding carboxylic acids is 1. The third-order valence-electron chi connectivity index (χ3n) is 4.25. The van der Waals surface area contributed by atoms with Gasteiger partial charge in [-0.05, 0) is 41.8 Å². The van der Waals surface area contributed by atoms with E-state index in [-0.39, 0.29) is 11.7 Å². The molecule has 0 radical (unpaired) electrons. The van der Waals surface area contributed by atoms with Crippen LogP contribution < -0.4 is 4.74 Å². The Morgan fingerprint density at radius 3 is 2.42 bits per heavy atom. The highest BCUT2D eigenvalue weighted by atomic mass is 35.5. The zero-order valence-electron chi connectivity index (χ0n) is 14.5. The van der Waals surface area contributed by atoms with E-state index in [1.165, 1.54) is 6.33 Å². The molecule has 5 nitrogen and oxygen atoms in total. The molecule has 0 saturated carbocycles. The Morgan fingerprint density at radius 2 is 1.81 bits per heavy atom. The van der Waals surface area contributed by atoms with Crippen LogP contribution in [0.1, 0.15) is 29.3 Å². The van der Waals surface area contributed by atoms with Gasteiger partial charge in [-0.3, -0.25) is 9.89 Å². The molecule has 0 saturated heterocycles. The van der Waals surface area contributed by atoms with Crippen molar-refractivity contribution < 1.29 is 9.53 Å². The normalized spacial score (nSPS) is 11.9. The minimum atomic E-state index is -0.0503. The number of benzene rings is 2. The fourth-order valence-corrected chi connectivity index (χ4v) is 3.03. The van der Waals surface area contributed by atoms with E-state index >= 15 is 0 Å². The minimum Gasteiger partial charge on any atom is -0.497 e. The van der Waals surface area contributed by atoms with E-state index in [1.807, 2.05) is 36.4 Å². The Bertz CT molecular complexity index is 831.